The number of pyridine rings is 1. The van der Waals surface area contributed by atoms with Crippen LogP contribution in [-0.2, 0) is 0 Å². The van der Waals surface area contributed by atoms with Crippen LogP contribution in [0.15, 0.2) is 164 Å². The second kappa shape index (κ2) is 13.1. The van der Waals surface area contributed by atoms with Gasteiger partial charge in [0.25, 0.3) is 0 Å². The lowest BCUT2D eigenvalue weighted by Gasteiger charge is -2.26. The molecule has 7 aromatic carbocycles. The van der Waals surface area contributed by atoms with Gasteiger partial charge < -0.3 is 0 Å². The monoisotopic (exact) mass is 712 g/mol. The molecule has 260 valence electrons. The topological polar surface area (TPSA) is 51.6 Å². The maximum Gasteiger partial charge on any atom is 0.172 e. The molecule has 2 aliphatic rings. The van der Waals surface area contributed by atoms with Crippen molar-refractivity contribution >= 4 is 33.8 Å². The summed E-state index contributed by atoms with van der Waals surface area (Å²) >= 11 is 0. The highest BCUT2D eigenvalue weighted by Gasteiger charge is 2.23. The molecule has 2 aromatic heterocycles. The van der Waals surface area contributed by atoms with E-state index in [1.54, 1.807) is 0 Å². The van der Waals surface area contributed by atoms with E-state index in [9.17, 15) is 0 Å². The van der Waals surface area contributed by atoms with E-state index in [1.807, 2.05) is 60.7 Å². The predicted molar refractivity (Wildman–Crippen MR) is 228 cm³/mol. The van der Waals surface area contributed by atoms with Crippen LogP contribution in [-0.4, -0.2) is 19.9 Å². The fourth-order valence-corrected chi connectivity index (χ4v) is 8.27. The van der Waals surface area contributed by atoms with Crippen molar-refractivity contribution in [2.45, 2.75) is 12.3 Å². The second-order valence-electron chi connectivity index (χ2n) is 14.4. The number of hydrogen-bond acceptors (Lipinski definition) is 4. The summed E-state index contributed by atoms with van der Waals surface area (Å²) in [5.74, 6) is 2.16. The summed E-state index contributed by atoms with van der Waals surface area (Å²) in [6.07, 6.45) is 10.3. The molecule has 2 aliphatic carbocycles. The number of allylic oxidation sites excluding steroid dienone is 2. The first-order valence-corrected chi connectivity index (χ1v) is 19.0. The van der Waals surface area contributed by atoms with Gasteiger partial charge in [0.15, 0.2) is 17.5 Å². The van der Waals surface area contributed by atoms with Gasteiger partial charge >= 0.3 is 0 Å². The molecule has 0 saturated heterocycles. The van der Waals surface area contributed by atoms with Crippen molar-refractivity contribution in [3.05, 3.63) is 193 Å². The van der Waals surface area contributed by atoms with Gasteiger partial charge in [-0.2, -0.15) is 0 Å². The van der Waals surface area contributed by atoms with Gasteiger partial charge in [0, 0.05) is 28.0 Å². The average Bonchev–Trinajstić information content (AvgIpc) is 3.28. The van der Waals surface area contributed by atoms with Crippen molar-refractivity contribution < 1.29 is 0 Å². The molecule has 4 nitrogen and oxygen atoms in total. The normalized spacial score (nSPS) is 13.9. The first-order valence-electron chi connectivity index (χ1n) is 19.0. The van der Waals surface area contributed by atoms with Crippen molar-refractivity contribution in [3.63, 3.8) is 0 Å². The molecule has 0 radical (unpaired) electrons. The van der Waals surface area contributed by atoms with Crippen molar-refractivity contribution in [1.82, 2.24) is 19.9 Å². The SMILES string of the molecule is c1cccc(-c2nc(-c3ccccc3)nc(-c3cc(-c4ccc(-c5ccc6c7c8c(ccc57)C=CCC8C=C6)cc4)cc(-c4ccc5ccccc5n4)c3)n2)c#1. The zero-order chi connectivity index (χ0) is 37.0. The Hall–Kier alpha value is -7.48. The number of para-hydroxylation sites is 1. The van der Waals surface area contributed by atoms with Crippen molar-refractivity contribution in [2.24, 2.45) is 0 Å². The van der Waals surface area contributed by atoms with Crippen LogP contribution in [0.5, 0.6) is 0 Å². The number of hydrogen-bond donors (Lipinski definition) is 0. The van der Waals surface area contributed by atoms with Crippen LogP contribution in [0.3, 0.4) is 0 Å². The standard InChI is InChI=1S/C52H32N4/c1-3-11-39(12-4-1)50-54-51(40-13-5-2-6-14-40)56-52(55-50)43-31-41(30-42(32-43)47-29-26-35-10-7-8-17-46(35)53-47)33-18-20-34(21-19-33)44-27-24-38-23-22-36-15-9-16-37-25-28-45(44)49(38)48(36)37/h1-5,7-13,16-32,36H,15H2. The van der Waals surface area contributed by atoms with Crippen molar-refractivity contribution in [3.8, 4) is 67.7 Å². The molecule has 1 atom stereocenters. The van der Waals surface area contributed by atoms with E-state index in [0.717, 1.165) is 56.4 Å². The van der Waals surface area contributed by atoms with Gasteiger partial charge in [-0.15, -0.1) is 0 Å². The van der Waals surface area contributed by atoms with E-state index >= 15 is 0 Å². The Balaban J connectivity index is 1.06. The molecule has 0 spiro atoms. The highest BCUT2D eigenvalue weighted by atomic mass is 15.0. The third-order valence-electron chi connectivity index (χ3n) is 11.0. The minimum Gasteiger partial charge on any atom is -0.248 e. The van der Waals surface area contributed by atoms with Crippen LogP contribution >= 0.6 is 0 Å². The third-order valence-corrected chi connectivity index (χ3v) is 11.0. The largest absolute Gasteiger partial charge is 0.248 e. The van der Waals surface area contributed by atoms with Crippen LogP contribution < -0.4 is 0 Å². The van der Waals surface area contributed by atoms with Gasteiger partial charge in [-0.25, -0.2) is 19.9 Å². The number of nitrogens with zero attached hydrogens (tertiary/aromatic N) is 4. The molecule has 2 heterocycles. The quantitative estimate of drug-likeness (QED) is 0.172. The van der Waals surface area contributed by atoms with Gasteiger partial charge in [-0.1, -0.05) is 146 Å². The molecule has 0 fully saturated rings. The number of rotatable bonds is 6. The molecule has 0 N–H and O–H groups in total. The molecular weight excluding hydrogens is 681 g/mol. The van der Waals surface area contributed by atoms with Crippen molar-refractivity contribution in [2.75, 3.05) is 0 Å². The van der Waals surface area contributed by atoms with E-state index in [1.165, 1.54) is 38.6 Å². The van der Waals surface area contributed by atoms with Gasteiger partial charge in [0.05, 0.1) is 16.8 Å². The number of aromatic nitrogens is 4. The lowest BCUT2D eigenvalue weighted by molar-refractivity contribution is 0.861. The smallest absolute Gasteiger partial charge is 0.172 e. The van der Waals surface area contributed by atoms with Crippen LogP contribution in [0.25, 0.3) is 102 Å². The zero-order valence-corrected chi connectivity index (χ0v) is 30.3. The summed E-state index contributed by atoms with van der Waals surface area (Å²) in [5.41, 5.74) is 14.0. The van der Waals surface area contributed by atoms with Crippen LogP contribution in [0.2, 0.25) is 0 Å². The van der Waals surface area contributed by atoms with Gasteiger partial charge in [0.1, 0.15) is 0 Å². The molecule has 0 aliphatic heterocycles. The van der Waals surface area contributed by atoms with Gasteiger partial charge in [-0.05, 0) is 98.6 Å². The number of benzene rings is 6. The Morgan fingerprint density at radius 1 is 0.518 bits per heavy atom. The van der Waals surface area contributed by atoms with Crippen LogP contribution in [0.4, 0.5) is 0 Å². The Morgan fingerprint density at radius 3 is 2.16 bits per heavy atom. The predicted octanol–water partition coefficient (Wildman–Crippen LogP) is 12.7. The molecule has 0 amide bonds. The summed E-state index contributed by atoms with van der Waals surface area (Å²) in [4.78, 5) is 20.1. The van der Waals surface area contributed by atoms with E-state index < -0.39 is 0 Å². The van der Waals surface area contributed by atoms with Crippen LogP contribution in [0.1, 0.15) is 29.0 Å². The van der Waals surface area contributed by atoms with Crippen molar-refractivity contribution in [1.29, 1.82) is 0 Å². The summed E-state index contributed by atoms with van der Waals surface area (Å²) in [6, 6.07) is 59.1. The Bertz CT molecular complexity index is 2980. The molecule has 0 bridgehead atoms. The minimum absolute atomic E-state index is 0.441. The highest BCUT2D eigenvalue weighted by molar-refractivity contribution is 6.06. The third kappa shape index (κ3) is 5.57. The average molecular weight is 713 g/mol. The molecule has 4 heteroatoms. The van der Waals surface area contributed by atoms with E-state index in [4.69, 9.17) is 19.9 Å². The Kier molecular flexibility index (Phi) is 7.50. The maximum atomic E-state index is 5.10. The van der Waals surface area contributed by atoms with Gasteiger partial charge in [0.2, 0.25) is 0 Å². The lowest BCUT2D eigenvalue weighted by Crippen LogP contribution is -2.06. The highest BCUT2D eigenvalue weighted by Crippen LogP contribution is 2.45. The lowest BCUT2D eigenvalue weighted by atomic mass is 9.77. The zero-order valence-electron chi connectivity index (χ0n) is 30.3. The molecule has 11 rings (SSSR count). The first-order chi connectivity index (χ1) is 27.7. The van der Waals surface area contributed by atoms with E-state index in [0.29, 0.717) is 23.4 Å². The summed E-state index contributed by atoms with van der Waals surface area (Å²) in [7, 11) is 0. The Morgan fingerprint density at radius 2 is 1.29 bits per heavy atom. The molecular formula is C52H32N4. The van der Waals surface area contributed by atoms with E-state index in [2.05, 4.69) is 127 Å². The molecule has 56 heavy (non-hydrogen) atoms. The first kappa shape index (κ1) is 32.0. The molecule has 0 saturated carbocycles. The summed E-state index contributed by atoms with van der Waals surface area (Å²) < 4.78 is 0. The van der Waals surface area contributed by atoms with Crippen LogP contribution in [0, 0.1) is 12.1 Å². The maximum absolute atomic E-state index is 5.10. The fourth-order valence-electron chi connectivity index (χ4n) is 8.27. The Labute approximate surface area is 325 Å². The molecule has 1 unspecified atom stereocenters. The summed E-state index contributed by atoms with van der Waals surface area (Å²) in [6.45, 7) is 0. The summed E-state index contributed by atoms with van der Waals surface area (Å²) in [5, 5.41) is 3.79. The second-order valence-corrected chi connectivity index (χ2v) is 14.4. The minimum atomic E-state index is 0.441. The number of fused-ring (bicyclic) bond motifs is 1. The fraction of sp³-hybridized carbons (Fsp3) is 0.0385. The molecule has 9 aromatic rings. The van der Waals surface area contributed by atoms with Gasteiger partial charge in [-0.3, -0.25) is 0 Å². The van der Waals surface area contributed by atoms with E-state index in [-0.39, 0.29) is 0 Å².